The predicted octanol–water partition coefficient (Wildman–Crippen LogP) is 2.72. The number of methoxy groups -OCH3 is 1. The lowest BCUT2D eigenvalue weighted by Gasteiger charge is -2.10. The van der Waals surface area contributed by atoms with E-state index in [4.69, 9.17) is 5.11 Å². The van der Waals surface area contributed by atoms with E-state index in [0.29, 0.717) is 11.3 Å². The van der Waals surface area contributed by atoms with Gasteiger partial charge in [-0.1, -0.05) is 42.5 Å². The molecular weight excluding hydrogens is 324 g/mol. The maximum Gasteiger partial charge on any atom is 0.427 e. The molecule has 1 amide bonds. The van der Waals surface area contributed by atoms with E-state index in [0.717, 1.165) is 10.8 Å². The zero-order chi connectivity index (χ0) is 18.2. The highest BCUT2D eigenvalue weighted by Crippen LogP contribution is 2.20. The number of Topliss-reactive ketones (excluding diaryl/α,β-unsaturated/α-hetero) is 1. The van der Waals surface area contributed by atoms with Gasteiger partial charge in [-0.15, -0.1) is 0 Å². The molecule has 0 aliphatic rings. The summed E-state index contributed by atoms with van der Waals surface area (Å²) in [5.41, 5.74) is 3.26. The van der Waals surface area contributed by atoms with Gasteiger partial charge in [-0.05, 0) is 10.8 Å². The maximum atomic E-state index is 12.1. The van der Waals surface area contributed by atoms with Crippen LogP contribution in [0.2, 0.25) is 0 Å². The molecule has 2 rings (SSSR count). The van der Waals surface area contributed by atoms with Gasteiger partial charge in [0.05, 0.1) is 25.7 Å². The standard InChI is InChI=1S/C18H18N2O5/c1-25-18(24)20-19-16(11-13(21)9-10-17(22)23)15-8-4-6-12-5-2-3-7-14(12)15/h2-8H,9-11H2,1H3,(H,20,24)(H,22,23)/b19-16+. The predicted molar refractivity (Wildman–Crippen MR) is 92.5 cm³/mol. The Kier molecular flexibility index (Phi) is 6.22. The van der Waals surface area contributed by atoms with Gasteiger partial charge in [0.25, 0.3) is 0 Å². The average molecular weight is 342 g/mol. The summed E-state index contributed by atoms with van der Waals surface area (Å²) in [6.07, 6.45) is -1.19. The van der Waals surface area contributed by atoms with Crippen LogP contribution in [-0.2, 0) is 14.3 Å². The first-order chi connectivity index (χ1) is 12.0. The molecule has 0 fully saturated rings. The van der Waals surface area contributed by atoms with Gasteiger partial charge in [0.15, 0.2) is 0 Å². The van der Waals surface area contributed by atoms with E-state index in [1.165, 1.54) is 7.11 Å². The van der Waals surface area contributed by atoms with Gasteiger partial charge in [0.2, 0.25) is 0 Å². The molecule has 2 aromatic carbocycles. The van der Waals surface area contributed by atoms with Gasteiger partial charge in [-0.3, -0.25) is 9.59 Å². The van der Waals surface area contributed by atoms with E-state index < -0.39 is 12.1 Å². The minimum Gasteiger partial charge on any atom is -0.481 e. The van der Waals surface area contributed by atoms with Gasteiger partial charge >= 0.3 is 12.1 Å². The molecule has 7 heteroatoms. The average Bonchev–Trinajstić information content (AvgIpc) is 2.62. The van der Waals surface area contributed by atoms with Crippen LogP contribution >= 0.6 is 0 Å². The molecule has 0 aromatic heterocycles. The monoisotopic (exact) mass is 342 g/mol. The molecule has 7 nitrogen and oxygen atoms in total. The normalized spacial score (nSPS) is 11.2. The van der Waals surface area contributed by atoms with Gasteiger partial charge in [-0.2, -0.15) is 5.10 Å². The van der Waals surface area contributed by atoms with Crippen LogP contribution in [0, 0.1) is 0 Å². The molecule has 0 radical (unpaired) electrons. The van der Waals surface area contributed by atoms with Crippen molar-refractivity contribution in [1.29, 1.82) is 0 Å². The van der Waals surface area contributed by atoms with Gasteiger partial charge < -0.3 is 9.84 Å². The third-order valence-corrected chi connectivity index (χ3v) is 3.55. The van der Waals surface area contributed by atoms with Crippen LogP contribution in [0.4, 0.5) is 4.79 Å². The Morgan fingerprint density at radius 3 is 2.52 bits per heavy atom. The molecule has 0 heterocycles. The molecule has 0 bridgehead atoms. The Morgan fingerprint density at radius 2 is 1.80 bits per heavy atom. The second-order valence-electron chi connectivity index (χ2n) is 5.30. The number of hydrogen-bond acceptors (Lipinski definition) is 5. The van der Waals surface area contributed by atoms with Crippen LogP contribution in [0.25, 0.3) is 10.8 Å². The van der Waals surface area contributed by atoms with Gasteiger partial charge in [0.1, 0.15) is 5.78 Å². The number of aliphatic carboxylic acids is 1. The zero-order valence-electron chi connectivity index (χ0n) is 13.7. The number of carboxylic acids is 1. The SMILES string of the molecule is COC(=O)N/N=C(\CC(=O)CCC(=O)O)c1cccc2ccccc12. The minimum absolute atomic E-state index is 0.0920. The Bertz CT molecular complexity index is 824. The maximum absolute atomic E-state index is 12.1. The second-order valence-corrected chi connectivity index (χ2v) is 5.30. The minimum atomic E-state index is -1.04. The van der Waals surface area contributed by atoms with Crippen molar-refractivity contribution in [2.75, 3.05) is 7.11 Å². The summed E-state index contributed by atoms with van der Waals surface area (Å²) in [7, 11) is 1.21. The summed E-state index contributed by atoms with van der Waals surface area (Å²) in [5.74, 6) is -1.31. The molecule has 0 spiro atoms. The summed E-state index contributed by atoms with van der Waals surface area (Å²) in [4.78, 5) is 34.0. The lowest BCUT2D eigenvalue weighted by molar-refractivity contribution is -0.138. The van der Waals surface area contributed by atoms with Crippen molar-refractivity contribution in [2.45, 2.75) is 19.3 Å². The van der Waals surface area contributed by atoms with Gasteiger partial charge in [0, 0.05) is 12.0 Å². The van der Waals surface area contributed by atoms with Crippen LogP contribution in [-0.4, -0.2) is 35.8 Å². The fourth-order valence-electron chi connectivity index (χ4n) is 2.35. The number of carboxylic acid groups (broad SMARTS) is 1. The fraction of sp³-hybridized carbons (Fsp3) is 0.222. The third-order valence-electron chi connectivity index (χ3n) is 3.55. The van der Waals surface area contributed by atoms with Crippen molar-refractivity contribution in [3.63, 3.8) is 0 Å². The van der Waals surface area contributed by atoms with Crippen LogP contribution in [0.15, 0.2) is 47.6 Å². The van der Waals surface area contributed by atoms with E-state index >= 15 is 0 Å². The number of fused-ring (bicyclic) bond motifs is 1. The van der Waals surface area contributed by atoms with Crippen molar-refractivity contribution in [2.24, 2.45) is 5.10 Å². The number of ketones is 1. The molecule has 130 valence electrons. The Hall–Kier alpha value is -3.22. The largest absolute Gasteiger partial charge is 0.481 e. The molecule has 25 heavy (non-hydrogen) atoms. The molecule has 0 atom stereocenters. The van der Waals surface area contributed by atoms with E-state index in [-0.39, 0.29) is 25.0 Å². The van der Waals surface area contributed by atoms with Crippen LogP contribution in [0.3, 0.4) is 0 Å². The molecule has 2 aromatic rings. The first kappa shape index (κ1) is 18.1. The van der Waals surface area contributed by atoms with Crippen LogP contribution in [0.1, 0.15) is 24.8 Å². The Labute approximate surface area is 144 Å². The number of carbonyl (C=O) groups is 3. The number of ether oxygens (including phenoxy) is 1. The zero-order valence-corrected chi connectivity index (χ0v) is 13.7. The van der Waals surface area contributed by atoms with Crippen molar-refractivity contribution < 1.29 is 24.2 Å². The van der Waals surface area contributed by atoms with Crippen molar-refractivity contribution in [3.8, 4) is 0 Å². The number of amides is 1. The highest BCUT2D eigenvalue weighted by molar-refractivity contribution is 6.17. The van der Waals surface area contributed by atoms with E-state index in [9.17, 15) is 14.4 Å². The highest BCUT2D eigenvalue weighted by atomic mass is 16.5. The molecule has 0 saturated heterocycles. The second kappa shape index (κ2) is 8.58. The van der Waals surface area contributed by atoms with E-state index in [1.54, 1.807) is 6.07 Å². The highest BCUT2D eigenvalue weighted by Gasteiger charge is 2.15. The van der Waals surface area contributed by atoms with Crippen molar-refractivity contribution >= 4 is 34.3 Å². The lowest BCUT2D eigenvalue weighted by atomic mass is 9.97. The summed E-state index contributed by atoms with van der Waals surface area (Å²) in [6.45, 7) is 0. The number of benzene rings is 2. The molecule has 2 N–H and O–H groups in total. The van der Waals surface area contributed by atoms with Gasteiger partial charge in [-0.25, -0.2) is 10.2 Å². The fourth-order valence-corrected chi connectivity index (χ4v) is 2.35. The third kappa shape index (κ3) is 5.13. The van der Waals surface area contributed by atoms with E-state index in [2.05, 4.69) is 15.3 Å². The van der Waals surface area contributed by atoms with Crippen LogP contribution in [0.5, 0.6) is 0 Å². The summed E-state index contributed by atoms with van der Waals surface area (Å²) in [6, 6.07) is 13.1. The summed E-state index contributed by atoms with van der Waals surface area (Å²) >= 11 is 0. The Balaban J connectivity index is 2.35. The number of hydrazone groups is 1. The summed E-state index contributed by atoms with van der Waals surface area (Å²) in [5, 5.41) is 14.6. The van der Waals surface area contributed by atoms with Crippen molar-refractivity contribution in [1.82, 2.24) is 5.43 Å². The van der Waals surface area contributed by atoms with Crippen LogP contribution < -0.4 is 5.43 Å². The molecular formula is C18H18N2O5. The number of hydrogen-bond donors (Lipinski definition) is 2. The van der Waals surface area contributed by atoms with Crippen molar-refractivity contribution in [3.05, 3.63) is 48.0 Å². The number of carbonyl (C=O) groups excluding carboxylic acids is 2. The molecule has 0 aliphatic heterocycles. The smallest absolute Gasteiger partial charge is 0.427 e. The van der Waals surface area contributed by atoms with E-state index in [1.807, 2.05) is 36.4 Å². The first-order valence-corrected chi connectivity index (χ1v) is 7.63. The summed E-state index contributed by atoms with van der Waals surface area (Å²) < 4.78 is 4.49. The molecule has 0 aliphatic carbocycles. The molecule has 0 saturated carbocycles. The number of nitrogens with one attached hydrogen (secondary N) is 1. The quantitative estimate of drug-likeness (QED) is 0.594. The Morgan fingerprint density at radius 1 is 1.08 bits per heavy atom. The molecule has 0 unspecified atom stereocenters. The topological polar surface area (TPSA) is 105 Å². The lowest BCUT2D eigenvalue weighted by Crippen LogP contribution is -2.21. The number of nitrogens with zero attached hydrogens (tertiary/aromatic N) is 1. The first-order valence-electron chi connectivity index (χ1n) is 7.63. The number of rotatable bonds is 7.